The molecule has 1 aromatic carbocycles. The molecule has 2 aliphatic rings. The van der Waals surface area contributed by atoms with Crippen molar-refractivity contribution in [3.05, 3.63) is 40.4 Å². The van der Waals surface area contributed by atoms with Crippen LogP contribution in [0.25, 0.3) is 10.2 Å². The summed E-state index contributed by atoms with van der Waals surface area (Å²) in [6, 6.07) is 5.49. The zero-order valence-corrected chi connectivity index (χ0v) is 26.9. The molecule has 4 rings (SSSR count). The maximum atomic E-state index is 13.8. The van der Waals surface area contributed by atoms with Gasteiger partial charge in [-0.05, 0) is 44.0 Å². The number of fused-ring (bicyclic) bond motifs is 1. The Morgan fingerprint density at radius 1 is 1.14 bits per heavy atom. The van der Waals surface area contributed by atoms with E-state index in [1.807, 2.05) is 25.1 Å². The zero-order valence-electron chi connectivity index (χ0n) is 25.3. The smallest absolute Gasteiger partial charge is 0.224 e. The number of carbonyl (C=O) groups is 3. The number of hydrogen-bond donors (Lipinski definition) is 1. The first-order valence-corrected chi connectivity index (χ1v) is 16.9. The number of hydrogen-bond acceptors (Lipinski definition) is 7. The standard InChI is InChI=1S/C33H47ClN4O3S/c1-4-28(39)19-25(20-32-36-29-12-10-26(34)21-31(29)42-32)33(41)35-27(18-24-8-6-5-7-9-24)11-13-30(40)23(2)22-38-16-14-37(3)15-17-38/h10,12,21,24-25,27H,2,4-9,11,13-20,22H2,1,3H3,(H,35,41)/t25-,27+/m0/s1. The predicted octanol–water partition coefficient (Wildman–Crippen LogP) is 6.09. The van der Waals surface area contributed by atoms with E-state index in [-0.39, 0.29) is 29.9 Å². The molecule has 0 radical (unpaired) electrons. The second-order valence-electron chi connectivity index (χ2n) is 12.3. The lowest BCUT2D eigenvalue weighted by Crippen LogP contribution is -2.45. The largest absolute Gasteiger partial charge is 0.353 e. The van der Waals surface area contributed by atoms with E-state index in [1.54, 1.807) is 0 Å². The van der Waals surface area contributed by atoms with Crippen LogP contribution in [0.5, 0.6) is 0 Å². The summed E-state index contributed by atoms with van der Waals surface area (Å²) in [5, 5.41) is 4.79. The topological polar surface area (TPSA) is 82.6 Å². The maximum absolute atomic E-state index is 13.8. The van der Waals surface area contributed by atoms with E-state index >= 15 is 0 Å². The Labute approximate surface area is 260 Å². The highest BCUT2D eigenvalue weighted by atomic mass is 35.5. The van der Waals surface area contributed by atoms with Gasteiger partial charge >= 0.3 is 0 Å². The number of aromatic nitrogens is 1. The molecule has 1 aliphatic carbocycles. The summed E-state index contributed by atoms with van der Waals surface area (Å²) in [7, 11) is 2.12. The van der Waals surface area contributed by atoms with Crippen LogP contribution in [0.2, 0.25) is 5.02 Å². The Hall–Kier alpha value is -2.13. The highest BCUT2D eigenvalue weighted by Gasteiger charge is 2.28. The third kappa shape index (κ3) is 9.97. The number of rotatable bonds is 15. The van der Waals surface area contributed by atoms with Crippen LogP contribution in [-0.4, -0.2) is 78.1 Å². The molecule has 1 aromatic heterocycles. The van der Waals surface area contributed by atoms with Crippen LogP contribution in [-0.2, 0) is 20.8 Å². The molecule has 0 spiro atoms. The average molecular weight is 615 g/mol. The number of carbonyl (C=O) groups excluding carboxylic acids is 3. The Morgan fingerprint density at radius 2 is 1.88 bits per heavy atom. The van der Waals surface area contributed by atoms with Crippen molar-refractivity contribution < 1.29 is 14.4 Å². The molecular weight excluding hydrogens is 568 g/mol. The molecule has 9 heteroatoms. The van der Waals surface area contributed by atoms with Gasteiger partial charge in [-0.2, -0.15) is 0 Å². The Balaban J connectivity index is 1.41. The molecule has 2 fully saturated rings. The van der Waals surface area contributed by atoms with Gasteiger partial charge in [0.1, 0.15) is 5.78 Å². The number of amides is 1. The summed E-state index contributed by atoms with van der Waals surface area (Å²) >= 11 is 7.69. The van der Waals surface area contributed by atoms with E-state index < -0.39 is 5.92 Å². The van der Waals surface area contributed by atoms with E-state index in [2.05, 4.69) is 28.7 Å². The lowest BCUT2D eigenvalue weighted by Gasteiger charge is -2.32. The Morgan fingerprint density at radius 3 is 2.60 bits per heavy atom. The van der Waals surface area contributed by atoms with Gasteiger partial charge in [0.05, 0.1) is 21.1 Å². The quantitative estimate of drug-likeness (QED) is 0.245. The first-order chi connectivity index (χ1) is 20.2. The van der Waals surface area contributed by atoms with Crippen LogP contribution < -0.4 is 5.32 Å². The van der Waals surface area contributed by atoms with Crippen LogP contribution in [0.3, 0.4) is 0 Å². The van der Waals surface area contributed by atoms with Crippen molar-refractivity contribution in [2.24, 2.45) is 11.8 Å². The van der Waals surface area contributed by atoms with Crippen molar-refractivity contribution in [3.63, 3.8) is 0 Å². The van der Waals surface area contributed by atoms with E-state index in [1.165, 1.54) is 43.4 Å². The lowest BCUT2D eigenvalue weighted by atomic mass is 9.83. The molecule has 1 aliphatic heterocycles. The molecule has 2 heterocycles. The van der Waals surface area contributed by atoms with Crippen molar-refractivity contribution >= 4 is 50.6 Å². The molecule has 1 N–H and O–H groups in total. The van der Waals surface area contributed by atoms with Gasteiger partial charge in [0.25, 0.3) is 0 Å². The van der Waals surface area contributed by atoms with Crippen molar-refractivity contribution in [1.29, 1.82) is 0 Å². The average Bonchev–Trinajstić information content (AvgIpc) is 3.38. The molecule has 2 atom stereocenters. The predicted molar refractivity (Wildman–Crippen MR) is 172 cm³/mol. The van der Waals surface area contributed by atoms with Gasteiger partial charge in [0, 0.05) is 75.0 Å². The van der Waals surface area contributed by atoms with Crippen LogP contribution in [0.4, 0.5) is 0 Å². The molecular formula is C33H47ClN4O3S. The number of piperazine rings is 1. The third-order valence-electron chi connectivity index (χ3n) is 8.87. The number of nitrogens with one attached hydrogen (secondary N) is 1. The summed E-state index contributed by atoms with van der Waals surface area (Å²) in [6.07, 6.45) is 8.90. The third-order valence-corrected chi connectivity index (χ3v) is 10.1. The van der Waals surface area contributed by atoms with Crippen molar-refractivity contribution in [2.75, 3.05) is 39.8 Å². The van der Waals surface area contributed by atoms with Crippen LogP contribution in [0.1, 0.15) is 76.1 Å². The monoisotopic (exact) mass is 614 g/mol. The van der Waals surface area contributed by atoms with E-state index in [4.69, 9.17) is 16.6 Å². The molecule has 0 unspecified atom stereocenters. The summed E-state index contributed by atoms with van der Waals surface area (Å²) in [6.45, 7) is 10.5. The number of ketones is 2. The molecule has 0 bridgehead atoms. The van der Waals surface area contributed by atoms with E-state index in [9.17, 15) is 14.4 Å². The van der Waals surface area contributed by atoms with Crippen LogP contribution in [0.15, 0.2) is 30.4 Å². The second-order valence-corrected chi connectivity index (χ2v) is 13.9. The van der Waals surface area contributed by atoms with Crippen molar-refractivity contribution in [3.8, 4) is 0 Å². The van der Waals surface area contributed by atoms with Gasteiger partial charge < -0.3 is 10.2 Å². The summed E-state index contributed by atoms with van der Waals surface area (Å²) in [5.41, 5.74) is 1.51. The first kappa shape index (κ1) is 32.8. The number of halogens is 1. The number of benzene rings is 1. The van der Waals surface area contributed by atoms with Gasteiger partial charge in [-0.25, -0.2) is 4.98 Å². The highest BCUT2D eigenvalue weighted by molar-refractivity contribution is 7.18. The molecule has 42 heavy (non-hydrogen) atoms. The van der Waals surface area contributed by atoms with Gasteiger partial charge in [0.15, 0.2) is 5.78 Å². The second kappa shape index (κ2) is 16.1. The van der Waals surface area contributed by atoms with Gasteiger partial charge in [0.2, 0.25) is 5.91 Å². The Bertz CT molecular complexity index is 1230. The van der Waals surface area contributed by atoms with Crippen LogP contribution >= 0.6 is 22.9 Å². The van der Waals surface area contributed by atoms with Crippen molar-refractivity contribution in [2.45, 2.75) is 83.6 Å². The van der Waals surface area contributed by atoms with Gasteiger partial charge in [-0.15, -0.1) is 11.3 Å². The fraction of sp³-hybridized carbons (Fsp3) is 0.636. The number of Topliss-reactive ketones (excluding diaryl/α,β-unsaturated/α-hetero) is 2. The summed E-state index contributed by atoms with van der Waals surface area (Å²) in [4.78, 5) is 48.7. The summed E-state index contributed by atoms with van der Waals surface area (Å²) < 4.78 is 0.976. The molecule has 1 saturated carbocycles. The molecule has 7 nitrogen and oxygen atoms in total. The SMILES string of the molecule is C=C(CN1CCN(C)CC1)C(=O)CC[C@H](CC1CCCCC1)NC(=O)[C@@H](CC(=O)CC)Cc1nc2ccc(Cl)cc2s1. The van der Waals surface area contributed by atoms with Crippen molar-refractivity contribution in [1.82, 2.24) is 20.1 Å². The maximum Gasteiger partial charge on any atom is 0.224 e. The van der Waals surface area contributed by atoms with E-state index in [0.717, 1.165) is 47.8 Å². The van der Waals surface area contributed by atoms with E-state index in [0.29, 0.717) is 48.7 Å². The van der Waals surface area contributed by atoms with Gasteiger partial charge in [-0.1, -0.05) is 57.2 Å². The first-order valence-electron chi connectivity index (χ1n) is 15.7. The minimum Gasteiger partial charge on any atom is -0.353 e. The number of thiazole rings is 1. The van der Waals surface area contributed by atoms with Gasteiger partial charge in [-0.3, -0.25) is 19.3 Å². The minimum absolute atomic E-state index is 0.0681. The zero-order chi connectivity index (χ0) is 30.1. The lowest BCUT2D eigenvalue weighted by molar-refractivity contribution is -0.130. The number of nitrogens with zero attached hydrogens (tertiary/aromatic N) is 3. The fourth-order valence-electron chi connectivity index (χ4n) is 6.16. The molecule has 2 aromatic rings. The molecule has 1 amide bonds. The Kier molecular flexibility index (Phi) is 12.6. The molecule has 1 saturated heterocycles. The molecule has 230 valence electrons. The fourth-order valence-corrected chi connectivity index (χ4v) is 7.48. The number of likely N-dealkylation sites (N-methyl/N-ethyl adjacent to an activating group) is 1. The summed E-state index contributed by atoms with van der Waals surface area (Å²) in [5.74, 6) is 0.0995. The van der Waals surface area contributed by atoms with Crippen LogP contribution in [0, 0.1) is 11.8 Å². The minimum atomic E-state index is -0.495. The normalized spacial score (nSPS) is 18.5. The highest BCUT2D eigenvalue weighted by Crippen LogP contribution is 2.30.